The Morgan fingerprint density at radius 1 is 1.04 bits per heavy atom. The van der Waals surface area contributed by atoms with E-state index in [1.165, 1.54) is 17.7 Å². The molecule has 24 heavy (non-hydrogen) atoms. The van der Waals surface area contributed by atoms with Crippen molar-refractivity contribution in [1.29, 1.82) is 0 Å². The van der Waals surface area contributed by atoms with Crippen molar-refractivity contribution in [2.45, 2.75) is 19.8 Å². The quantitative estimate of drug-likeness (QED) is 0.720. The smallest absolute Gasteiger partial charge is 0.233 e. The van der Waals surface area contributed by atoms with E-state index in [4.69, 9.17) is 0 Å². The van der Waals surface area contributed by atoms with Crippen LogP contribution in [0.15, 0.2) is 24.3 Å². The van der Waals surface area contributed by atoms with E-state index in [9.17, 15) is 4.79 Å². The molecule has 0 aromatic heterocycles. The number of unbranched alkanes of at least 4 members (excludes halogenated alkanes) is 1. The van der Waals surface area contributed by atoms with Crippen molar-refractivity contribution in [3.05, 3.63) is 29.8 Å². The monoisotopic (exact) mass is 369 g/mol. The minimum Gasteiger partial charge on any atom is -0.369 e. The van der Waals surface area contributed by atoms with Gasteiger partial charge in [-0.2, -0.15) is 0 Å². The number of aryl methyl sites for hydroxylation is 1. The summed E-state index contributed by atoms with van der Waals surface area (Å²) in [5, 5.41) is 0. The molecule has 3 rings (SSSR count). The number of nitrogens with zero attached hydrogens (tertiary/aromatic N) is 3. The van der Waals surface area contributed by atoms with E-state index >= 15 is 0 Å². The van der Waals surface area contributed by atoms with Gasteiger partial charge in [0.05, 0.1) is 11.6 Å². The van der Waals surface area contributed by atoms with Crippen molar-refractivity contribution in [3.8, 4) is 0 Å². The van der Waals surface area contributed by atoms with Gasteiger partial charge in [-0.25, -0.2) is 0 Å². The summed E-state index contributed by atoms with van der Waals surface area (Å²) in [5.41, 5.74) is 2.76. The molecule has 4 nitrogen and oxygen atoms in total. The molecule has 0 atom stereocenters. The Hall–Kier alpha value is -0.910. The van der Waals surface area contributed by atoms with E-state index in [1.54, 1.807) is 11.8 Å². The summed E-state index contributed by atoms with van der Waals surface area (Å²) in [5.74, 6) is 1.90. The molecule has 2 aliphatic heterocycles. The maximum atomic E-state index is 11.6. The van der Waals surface area contributed by atoms with E-state index in [2.05, 4.69) is 41.0 Å². The van der Waals surface area contributed by atoms with Crippen LogP contribution in [-0.2, 0) is 4.79 Å². The standard InChI is InChI=1S/C18H27N3OS.ClH/c1-16-6-2-3-7-17(16)20-12-10-19(11-13-20)8-4-5-9-21-15-23-14-18(21)22;/h2-3,6-7H,4-5,8-15H2,1H3;1H. The molecule has 2 heterocycles. The van der Waals surface area contributed by atoms with Crippen LogP contribution in [0.4, 0.5) is 5.69 Å². The number of anilines is 1. The van der Waals surface area contributed by atoms with Crippen LogP contribution in [0.2, 0.25) is 0 Å². The third-order valence-corrected chi connectivity index (χ3v) is 5.75. The molecule has 0 N–H and O–H groups in total. The first-order valence-corrected chi connectivity index (χ1v) is 9.78. The van der Waals surface area contributed by atoms with Crippen LogP contribution in [-0.4, -0.2) is 66.6 Å². The van der Waals surface area contributed by atoms with E-state index in [0.717, 1.165) is 51.6 Å². The first kappa shape index (κ1) is 19.4. The Bertz CT molecular complexity index is 535. The zero-order chi connectivity index (χ0) is 16.1. The number of thioether (sulfide) groups is 1. The highest BCUT2D eigenvalue weighted by Gasteiger charge is 2.20. The second kappa shape index (κ2) is 9.54. The lowest BCUT2D eigenvalue weighted by Crippen LogP contribution is -2.46. The molecule has 2 fully saturated rings. The molecule has 0 aliphatic carbocycles. The number of carbonyl (C=O) groups is 1. The van der Waals surface area contributed by atoms with Crippen molar-refractivity contribution in [1.82, 2.24) is 9.80 Å². The Morgan fingerprint density at radius 3 is 2.42 bits per heavy atom. The first-order valence-electron chi connectivity index (χ1n) is 8.62. The van der Waals surface area contributed by atoms with Gasteiger partial charge in [-0.05, 0) is 37.9 Å². The molecule has 0 bridgehead atoms. The van der Waals surface area contributed by atoms with Crippen molar-refractivity contribution >= 4 is 35.8 Å². The highest BCUT2D eigenvalue weighted by Crippen LogP contribution is 2.21. The maximum Gasteiger partial charge on any atom is 0.233 e. The number of halogens is 1. The van der Waals surface area contributed by atoms with E-state index in [1.807, 2.05) is 4.90 Å². The molecule has 1 amide bonds. The van der Waals surface area contributed by atoms with Crippen molar-refractivity contribution in [2.24, 2.45) is 0 Å². The fraction of sp³-hybridized carbons (Fsp3) is 0.611. The Kier molecular flexibility index (Phi) is 7.72. The fourth-order valence-corrected chi connectivity index (χ4v) is 4.31. The van der Waals surface area contributed by atoms with Gasteiger partial charge in [-0.3, -0.25) is 9.69 Å². The van der Waals surface area contributed by atoms with Gasteiger partial charge >= 0.3 is 0 Å². The summed E-state index contributed by atoms with van der Waals surface area (Å²) in [4.78, 5) is 18.6. The van der Waals surface area contributed by atoms with Gasteiger partial charge in [0.1, 0.15) is 0 Å². The van der Waals surface area contributed by atoms with Crippen LogP contribution in [0.5, 0.6) is 0 Å². The summed E-state index contributed by atoms with van der Waals surface area (Å²) in [6, 6.07) is 8.67. The molecule has 2 aliphatic rings. The van der Waals surface area contributed by atoms with Gasteiger partial charge in [0.15, 0.2) is 0 Å². The number of hydrogen-bond donors (Lipinski definition) is 0. The van der Waals surface area contributed by atoms with Crippen molar-refractivity contribution < 1.29 is 4.79 Å². The van der Waals surface area contributed by atoms with Crippen molar-refractivity contribution in [3.63, 3.8) is 0 Å². The summed E-state index contributed by atoms with van der Waals surface area (Å²) < 4.78 is 0. The molecule has 134 valence electrons. The topological polar surface area (TPSA) is 26.8 Å². The van der Waals surface area contributed by atoms with Gasteiger partial charge in [-0.1, -0.05) is 18.2 Å². The number of benzene rings is 1. The van der Waals surface area contributed by atoms with E-state index < -0.39 is 0 Å². The minimum absolute atomic E-state index is 0. The predicted molar refractivity (Wildman–Crippen MR) is 105 cm³/mol. The molecule has 0 saturated carbocycles. The SMILES string of the molecule is Cc1ccccc1N1CCN(CCCCN2CSCC2=O)CC1.Cl. The largest absolute Gasteiger partial charge is 0.369 e. The summed E-state index contributed by atoms with van der Waals surface area (Å²) in [6.45, 7) is 8.82. The summed E-state index contributed by atoms with van der Waals surface area (Å²) >= 11 is 1.74. The summed E-state index contributed by atoms with van der Waals surface area (Å²) in [7, 11) is 0. The third kappa shape index (κ3) is 5.04. The van der Waals surface area contributed by atoms with Gasteiger partial charge in [0, 0.05) is 38.4 Å². The van der Waals surface area contributed by atoms with Gasteiger partial charge in [-0.15, -0.1) is 24.2 Å². The number of hydrogen-bond acceptors (Lipinski definition) is 4. The second-order valence-electron chi connectivity index (χ2n) is 6.46. The van der Waals surface area contributed by atoms with Crippen molar-refractivity contribution in [2.75, 3.05) is 55.8 Å². The highest BCUT2D eigenvalue weighted by molar-refractivity contribution is 8.00. The third-order valence-electron chi connectivity index (χ3n) is 4.81. The Labute approximate surface area is 156 Å². The summed E-state index contributed by atoms with van der Waals surface area (Å²) in [6.07, 6.45) is 2.32. The number of carbonyl (C=O) groups excluding carboxylic acids is 1. The molecule has 2 saturated heterocycles. The second-order valence-corrected chi connectivity index (χ2v) is 7.41. The number of amides is 1. The Balaban J connectivity index is 0.00000208. The zero-order valence-electron chi connectivity index (χ0n) is 14.4. The van der Waals surface area contributed by atoms with E-state index in [0.29, 0.717) is 11.7 Å². The molecular formula is C18H28ClN3OS. The van der Waals surface area contributed by atoms with E-state index in [-0.39, 0.29) is 12.4 Å². The lowest BCUT2D eigenvalue weighted by Gasteiger charge is -2.36. The molecule has 6 heteroatoms. The van der Waals surface area contributed by atoms with Crippen LogP contribution in [0.25, 0.3) is 0 Å². The van der Waals surface area contributed by atoms with Gasteiger partial charge in [0.2, 0.25) is 5.91 Å². The lowest BCUT2D eigenvalue weighted by atomic mass is 10.1. The molecule has 0 radical (unpaired) electrons. The minimum atomic E-state index is 0. The van der Waals surface area contributed by atoms with Crippen LogP contribution >= 0.6 is 24.2 Å². The van der Waals surface area contributed by atoms with Crippen LogP contribution < -0.4 is 4.90 Å². The highest BCUT2D eigenvalue weighted by atomic mass is 35.5. The molecule has 1 aromatic rings. The number of piperazine rings is 1. The molecule has 0 spiro atoms. The molecular weight excluding hydrogens is 342 g/mol. The number of rotatable bonds is 6. The first-order chi connectivity index (χ1) is 11.2. The average Bonchev–Trinajstić information content (AvgIpc) is 2.98. The molecule has 1 aromatic carbocycles. The predicted octanol–water partition coefficient (Wildman–Crippen LogP) is 2.85. The normalized spacial score (nSPS) is 18.8. The number of para-hydroxylation sites is 1. The van der Waals surface area contributed by atoms with Gasteiger partial charge in [0.25, 0.3) is 0 Å². The average molecular weight is 370 g/mol. The molecule has 0 unspecified atom stereocenters. The van der Waals surface area contributed by atoms with Crippen LogP contribution in [0.1, 0.15) is 18.4 Å². The van der Waals surface area contributed by atoms with Crippen LogP contribution in [0, 0.1) is 6.92 Å². The zero-order valence-corrected chi connectivity index (χ0v) is 16.1. The maximum absolute atomic E-state index is 11.6. The fourth-order valence-electron chi connectivity index (χ4n) is 3.36. The van der Waals surface area contributed by atoms with Crippen LogP contribution in [0.3, 0.4) is 0 Å². The Morgan fingerprint density at radius 2 is 1.75 bits per heavy atom. The lowest BCUT2D eigenvalue weighted by molar-refractivity contribution is -0.126. The van der Waals surface area contributed by atoms with Gasteiger partial charge < -0.3 is 9.80 Å².